The minimum Gasteiger partial charge on any atom is -0.508 e. The number of rotatable bonds is 8. The Labute approximate surface area is 250 Å². The lowest BCUT2D eigenvalue weighted by atomic mass is 9.75. The van der Waals surface area contributed by atoms with Crippen LogP contribution in [0.15, 0.2) is 158 Å². The van der Waals surface area contributed by atoms with Gasteiger partial charge in [-0.1, -0.05) is 109 Å². The number of phenolic OH excluding ortho intramolecular Hbond substituents is 4. The molecule has 5 nitrogen and oxygen atoms in total. The summed E-state index contributed by atoms with van der Waals surface area (Å²) >= 11 is 0. The second kappa shape index (κ2) is 11.4. The third-order valence-corrected chi connectivity index (χ3v) is 7.76. The molecular formula is C38H30O5. The van der Waals surface area contributed by atoms with Gasteiger partial charge in [-0.3, -0.25) is 0 Å². The Morgan fingerprint density at radius 3 is 0.721 bits per heavy atom. The molecule has 0 unspecified atom stereocenters. The maximum atomic E-state index is 10.3. The van der Waals surface area contributed by atoms with E-state index < -0.39 is 11.2 Å². The van der Waals surface area contributed by atoms with Crippen LogP contribution in [0.25, 0.3) is 0 Å². The Kier molecular flexibility index (Phi) is 7.33. The molecule has 0 radical (unpaired) electrons. The summed E-state index contributed by atoms with van der Waals surface area (Å²) < 4.78 is 7.78. The fraction of sp³-hybridized carbons (Fsp3) is 0.0526. The highest BCUT2D eigenvalue weighted by Crippen LogP contribution is 2.51. The monoisotopic (exact) mass is 566 g/mol. The first-order chi connectivity index (χ1) is 20.9. The van der Waals surface area contributed by atoms with Crippen LogP contribution < -0.4 is 0 Å². The van der Waals surface area contributed by atoms with E-state index in [1.54, 1.807) is 48.5 Å². The van der Waals surface area contributed by atoms with Gasteiger partial charge >= 0.3 is 0 Å². The summed E-state index contributed by atoms with van der Waals surface area (Å²) in [5, 5.41) is 41.2. The summed E-state index contributed by atoms with van der Waals surface area (Å²) in [6.07, 6.45) is 0. The zero-order chi connectivity index (χ0) is 29.9. The first kappa shape index (κ1) is 27.6. The molecule has 0 saturated carbocycles. The van der Waals surface area contributed by atoms with Crippen molar-refractivity contribution in [1.82, 2.24) is 0 Å². The number of aromatic hydroxyl groups is 4. The first-order valence-electron chi connectivity index (χ1n) is 13.9. The largest absolute Gasteiger partial charge is 0.508 e. The van der Waals surface area contributed by atoms with Gasteiger partial charge in [-0.25, -0.2) is 0 Å². The van der Waals surface area contributed by atoms with Crippen LogP contribution in [0.3, 0.4) is 0 Å². The SMILES string of the molecule is Oc1ccc(C(OC(c2ccccc2)(c2ccc(O)cc2)c2ccc(O)cc2)(c2ccccc2)c2ccc(O)cc2)cc1. The smallest absolute Gasteiger partial charge is 0.145 e. The summed E-state index contributed by atoms with van der Waals surface area (Å²) in [5.74, 6) is 0.455. The van der Waals surface area contributed by atoms with Crippen LogP contribution in [0.5, 0.6) is 23.0 Å². The summed E-state index contributed by atoms with van der Waals surface area (Å²) in [4.78, 5) is 0. The van der Waals surface area contributed by atoms with Crippen molar-refractivity contribution in [3.05, 3.63) is 191 Å². The highest BCUT2D eigenvalue weighted by Gasteiger charge is 2.49. The van der Waals surface area contributed by atoms with Gasteiger partial charge in [0.25, 0.3) is 0 Å². The van der Waals surface area contributed by atoms with Gasteiger partial charge in [-0.05, 0) is 81.9 Å². The molecule has 0 aliphatic carbocycles. The predicted octanol–water partition coefficient (Wildman–Crippen LogP) is 7.81. The highest BCUT2D eigenvalue weighted by molar-refractivity contribution is 5.54. The van der Waals surface area contributed by atoms with Crippen LogP contribution in [0.2, 0.25) is 0 Å². The third-order valence-electron chi connectivity index (χ3n) is 7.76. The molecule has 0 saturated heterocycles. The zero-order valence-electron chi connectivity index (χ0n) is 23.2. The molecule has 0 amide bonds. The Morgan fingerprint density at radius 1 is 0.279 bits per heavy atom. The van der Waals surface area contributed by atoms with Gasteiger partial charge in [0.1, 0.15) is 34.2 Å². The summed E-state index contributed by atoms with van der Waals surface area (Å²) in [6, 6.07) is 47.3. The molecule has 0 aliphatic heterocycles. The van der Waals surface area contributed by atoms with Crippen LogP contribution in [-0.4, -0.2) is 20.4 Å². The van der Waals surface area contributed by atoms with Crippen molar-refractivity contribution in [3.8, 4) is 23.0 Å². The molecule has 0 aromatic heterocycles. The van der Waals surface area contributed by atoms with E-state index >= 15 is 0 Å². The predicted molar refractivity (Wildman–Crippen MR) is 166 cm³/mol. The quantitative estimate of drug-likeness (QED) is 0.141. The average Bonchev–Trinajstić information content (AvgIpc) is 3.05. The van der Waals surface area contributed by atoms with Gasteiger partial charge in [-0.15, -0.1) is 0 Å². The second-order valence-electron chi connectivity index (χ2n) is 10.4. The zero-order valence-corrected chi connectivity index (χ0v) is 23.2. The van der Waals surface area contributed by atoms with E-state index in [1.807, 2.05) is 109 Å². The number of phenols is 4. The van der Waals surface area contributed by atoms with Crippen LogP contribution >= 0.6 is 0 Å². The van der Waals surface area contributed by atoms with Crippen molar-refractivity contribution in [2.75, 3.05) is 0 Å². The standard InChI is InChI=1S/C38H30O5/c39-33-19-11-29(12-20-33)37(27-7-3-1-4-8-27,30-13-21-34(40)22-14-30)43-38(28-9-5-2-6-10-28,31-15-23-35(41)24-16-31)32-17-25-36(42)26-18-32/h1-26,39-42H. The molecule has 212 valence electrons. The van der Waals surface area contributed by atoms with Crippen molar-refractivity contribution >= 4 is 0 Å². The van der Waals surface area contributed by atoms with Gasteiger partial charge in [0.05, 0.1) is 0 Å². The summed E-state index contributed by atoms with van der Waals surface area (Å²) in [5.41, 5.74) is 1.97. The maximum absolute atomic E-state index is 10.3. The Hall–Kier alpha value is -5.52. The molecule has 0 heterocycles. The van der Waals surface area contributed by atoms with Gasteiger partial charge in [-0.2, -0.15) is 0 Å². The molecule has 43 heavy (non-hydrogen) atoms. The van der Waals surface area contributed by atoms with E-state index in [1.165, 1.54) is 0 Å². The molecular weight excluding hydrogens is 536 g/mol. The number of ether oxygens (including phenoxy) is 1. The van der Waals surface area contributed by atoms with Crippen LogP contribution in [-0.2, 0) is 15.9 Å². The van der Waals surface area contributed by atoms with E-state index in [2.05, 4.69) is 0 Å². The Balaban J connectivity index is 1.77. The van der Waals surface area contributed by atoms with Crippen molar-refractivity contribution in [1.29, 1.82) is 0 Å². The fourth-order valence-corrected chi connectivity index (χ4v) is 5.71. The summed E-state index contributed by atoms with van der Waals surface area (Å²) in [6.45, 7) is 0. The van der Waals surface area contributed by atoms with Gasteiger partial charge < -0.3 is 25.2 Å². The minimum absolute atomic E-state index is 0.114. The molecule has 4 N–H and O–H groups in total. The molecule has 6 aromatic rings. The van der Waals surface area contributed by atoms with Gasteiger partial charge in [0.2, 0.25) is 0 Å². The van der Waals surface area contributed by atoms with Crippen molar-refractivity contribution in [2.45, 2.75) is 11.2 Å². The van der Waals surface area contributed by atoms with Gasteiger partial charge in [0, 0.05) is 0 Å². The maximum Gasteiger partial charge on any atom is 0.145 e. The van der Waals surface area contributed by atoms with E-state index in [4.69, 9.17) is 4.74 Å². The fourth-order valence-electron chi connectivity index (χ4n) is 5.71. The third kappa shape index (κ3) is 5.07. The molecule has 5 heteroatoms. The number of hydrogen-bond acceptors (Lipinski definition) is 5. The Morgan fingerprint density at radius 2 is 0.488 bits per heavy atom. The van der Waals surface area contributed by atoms with E-state index in [-0.39, 0.29) is 23.0 Å². The van der Waals surface area contributed by atoms with Crippen molar-refractivity contribution in [3.63, 3.8) is 0 Å². The molecule has 0 aliphatic rings. The molecule has 0 atom stereocenters. The molecule has 0 bridgehead atoms. The van der Waals surface area contributed by atoms with Gasteiger partial charge in [0.15, 0.2) is 0 Å². The lowest BCUT2D eigenvalue weighted by Gasteiger charge is -2.46. The van der Waals surface area contributed by atoms with Crippen molar-refractivity contribution < 1.29 is 25.2 Å². The lowest BCUT2D eigenvalue weighted by Crippen LogP contribution is -2.44. The van der Waals surface area contributed by atoms with E-state index in [9.17, 15) is 20.4 Å². The normalized spacial score (nSPS) is 11.7. The van der Waals surface area contributed by atoms with E-state index in [0.29, 0.717) is 0 Å². The molecule has 0 spiro atoms. The van der Waals surface area contributed by atoms with Crippen LogP contribution in [0.1, 0.15) is 33.4 Å². The average molecular weight is 567 g/mol. The lowest BCUT2D eigenvalue weighted by molar-refractivity contribution is -0.0810. The topological polar surface area (TPSA) is 90.2 Å². The van der Waals surface area contributed by atoms with Crippen molar-refractivity contribution in [2.24, 2.45) is 0 Å². The molecule has 6 rings (SSSR count). The Bertz CT molecular complexity index is 1550. The van der Waals surface area contributed by atoms with Crippen LogP contribution in [0, 0.1) is 0 Å². The summed E-state index contributed by atoms with van der Waals surface area (Å²) in [7, 11) is 0. The number of benzene rings is 6. The van der Waals surface area contributed by atoms with E-state index in [0.717, 1.165) is 33.4 Å². The highest BCUT2D eigenvalue weighted by atomic mass is 16.5. The first-order valence-corrected chi connectivity index (χ1v) is 13.9. The molecule has 0 fully saturated rings. The minimum atomic E-state index is -1.30. The molecule has 6 aromatic carbocycles. The number of hydrogen-bond donors (Lipinski definition) is 4. The second-order valence-corrected chi connectivity index (χ2v) is 10.4. The van der Waals surface area contributed by atoms with Crippen LogP contribution in [0.4, 0.5) is 0 Å².